The highest BCUT2D eigenvalue weighted by Gasteiger charge is 2.31. The standard InChI is InChI=1S/C11H23NO2/c1-5-6-7-8-9-11(2,10(13)14)12(3)4/h5-9H2,1-4H3,(H,13,14). The molecule has 0 aliphatic rings. The zero-order valence-corrected chi connectivity index (χ0v) is 9.85. The van der Waals surface area contributed by atoms with E-state index in [1.54, 1.807) is 6.92 Å². The molecule has 0 amide bonds. The summed E-state index contributed by atoms with van der Waals surface area (Å²) in [6.07, 6.45) is 5.16. The van der Waals surface area contributed by atoms with Gasteiger partial charge >= 0.3 is 0 Å². The van der Waals surface area contributed by atoms with Gasteiger partial charge < -0.3 is 14.8 Å². The average Bonchev–Trinajstić information content (AvgIpc) is 2.11. The number of carboxylic acids is 1. The van der Waals surface area contributed by atoms with Gasteiger partial charge in [-0.1, -0.05) is 26.2 Å². The van der Waals surface area contributed by atoms with Crippen LogP contribution in [0.15, 0.2) is 0 Å². The summed E-state index contributed by atoms with van der Waals surface area (Å²) in [6.45, 7) is 3.92. The van der Waals surface area contributed by atoms with Gasteiger partial charge in [0.15, 0.2) is 0 Å². The maximum absolute atomic E-state index is 11.0. The van der Waals surface area contributed by atoms with Gasteiger partial charge in [0.05, 0.1) is 14.1 Å². The van der Waals surface area contributed by atoms with E-state index >= 15 is 0 Å². The molecule has 3 nitrogen and oxygen atoms in total. The Morgan fingerprint density at radius 2 is 1.86 bits per heavy atom. The molecule has 0 bridgehead atoms. The first-order valence-electron chi connectivity index (χ1n) is 5.47. The van der Waals surface area contributed by atoms with Gasteiger partial charge in [-0.15, -0.1) is 0 Å². The van der Waals surface area contributed by atoms with E-state index in [1.165, 1.54) is 12.8 Å². The van der Waals surface area contributed by atoms with E-state index in [1.807, 2.05) is 14.1 Å². The number of unbranched alkanes of at least 4 members (excludes halogenated alkanes) is 3. The Kier molecular flexibility index (Phi) is 5.77. The van der Waals surface area contributed by atoms with Crippen LogP contribution in [0.1, 0.15) is 46.0 Å². The third kappa shape index (κ3) is 3.66. The van der Waals surface area contributed by atoms with Crippen LogP contribution in [-0.4, -0.2) is 25.6 Å². The minimum absolute atomic E-state index is 0.706. The van der Waals surface area contributed by atoms with Gasteiger partial charge in [0.25, 0.3) is 0 Å². The summed E-state index contributed by atoms with van der Waals surface area (Å²) in [4.78, 5) is 11.9. The first-order chi connectivity index (χ1) is 6.45. The molecule has 0 rings (SSSR count). The number of carbonyl (C=O) groups is 1. The van der Waals surface area contributed by atoms with Gasteiger partial charge in [-0.05, 0) is 13.3 Å². The first-order valence-corrected chi connectivity index (χ1v) is 5.47. The highest BCUT2D eigenvalue weighted by atomic mass is 16.4. The summed E-state index contributed by atoms with van der Waals surface area (Å²) in [5.41, 5.74) is -0.728. The van der Waals surface area contributed by atoms with Crippen LogP contribution in [0.25, 0.3) is 0 Å². The van der Waals surface area contributed by atoms with Crippen molar-refractivity contribution in [3.63, 3.8) is 0 Å². The molecule has 0 fully saturated rings. The quantitative estimate of drug-likeness (QED) is 0.570. The molecule has 0 aliphatic heterocycles. The molecule has 0 aromatic rings. The molecular weight excluding hydrogens is 178 g/mol. The molecule has 0 heterocycles. The fourth-order valence-electron chi connectivity index (χ4n) is 1.46. The number of hydrogen-bond donors (Lipinski definition) is 1. The Labute approximate surface area is 87.1 Å². The van der Waals surface area contributed by atoms with Crippen molar-refractivity contribution in [1.82, 2.24) is 0 Å². The normalized spacial score (nSPS) is 15.5. The van der Waals surface area contributed by atoms with Crippen LogP contribution in [0.3, 0.4) is 0 Å². The Hall–Kier alpha value is -0.570. The molecule has 1 N–H and O–H groups in total. The lowest BCUT2D eigenvalue weighted by atomic mass is 9.93. The highest BCUT2D eigenvalue weighted by molar-refractivity contribution is 5.74. The van der Waals surface area contributed by atoms with E-state index in [4.69, 9.17) is 0 Å². The average molecular weight is 201 g/mol. The van der Waals surface area contributed by atoms with E-state index in [-0.39, 0.29) is 0 Å². The maximum Gasteiger partial charge on any atom is 0.134 e. The first kappa shape index (κ1) is 13.4. The van der Waals surface area contributed by atoms with Crippen LogP contribution in [-0.2, 0) is 4.79 Å². The van der Waals surface area contributed by atoms with Crippen molar-refractivity contribution in [2.75, 3.05) is 14.1 Å². The van der Waals surface area contributed by atoms with Gasteiger partial charge in [-0.3, -0.25) is 0 Å². The van der Waals surface area contributed by atoms with E-state index in [2.05, 4.69) is 6.92 Å². The van der Waals surface area contributed by atoms with Crippen molar-refractivity contribution in [3.8, 4) is 0 Å². The summed E-state index contributed by atoms with van der Waals surface area (Å²) in [6, 6.07) is 0. The lowest BCUT2D eigenvalue weighted by Gasteiger charge is -2.34. The Morgan fingerprint density at radius 3 is 2.21 bits per heavy atom. The van der Waals surface area contributed by atoms with Gasteiger partial charge in [-0.25, -0.2) is 0 Å². The number of likely N-dealkylation sites (N-methyl/N-ethyl adjacent to an activating group) is 1. The third-order valence-corrected chi connectivity index (χ3v) is 3.08. The predicted molar refractivity (Wildman–Crippen MR) is 55.0 cm³/mol. The van der Waals surface area contributed by atoms with Crippen LogP contribution >= 0.6 is 0 Å². The van der Waals surface area contributed by atoms with Gasteiger partial charge in [-0.2, -0.15) is 0 Å². The monoisotopic (exact) mass is 201 g/mol. The summed E-state index contributed by atoms with van der Waals surface area (Å²) < 4.78 is 0. The maximum atomic E-state index is 11.0. The van der Waals surface area contributed by atoms with E-state index in [0.29, 0.717) is 6.42 Å². The summed E-state index contributed by atoms with van der Waals surface area (Å²) in [5.74, 6) is -0.936. The Morgan fingerprint density at radius 1 is 1.29 bits per heavy atom. The number of carboxylic acid groups (broad SMARTS) is 1. The summed E-state index contributed by atoms with van der Waals surface area (Å²) in [7, 11) is 3.74. The van der Waals surface area contributed by atoms with Crippen molar-refractivity contribution < 1.29 is 14.8 Å². The zero-order chi connectivity index (χ0) is 11.2. The second-order valence-electron chi connectivity index (χ2n) is 4.43. The number of carbonyl (C=O) groups excluding carboxylic acids is 1. The van der Waals surface area contributed by atoms with Gasteiger partial charge in [0.2, 0.25) is 0 Å². The zero-order valence-electron chi connectivity index (χ0n) is 9.85. The Balaban J connectivity index is 4.05. The van der Waals surface area contributed by atoms with Crippen LogP contribution in [0, 0.1) is 0 Å². The van der Waals surface area contributed by atoms with Crippen molar-refractivity contribution in [1.29, 1.82) is 0 Å². The molecule has 0 aromatic carbocycles. The molecule has 1 atom stereocenters. The van der Waals surface area contributed by atoms with Crippen molar-refractivity contribution >= 4 is 5.97 Å². The van der Waals surface area contributed by atoms with Crippen molar-refractivity contribution in [2.24, 2.45) is 0 Å². The molecule has 0 saturated carbocycles. The number of rotatable bonds is 7. The smallest absolute Gasteiger partial charge is 0.134 e. The van der Waals surface area contributed by atoms with Crippen LogP contribution in [0.2, 0.25) is 0 Å². The minimum atomic E-state index is -0.936. The molecule has 0 saturated heterocycles. The highest BCUT2D eigenvalue weighted by Crippen LogP contribution is 2.11. The molecule has 0 aromatic heterocycles. The van der Waals surface area contributed by atoms with Crippen LogP contribution in [0.4, 0.5) is 0 Å². The molecule has 0 aliphatic carbocycles. The van der Waals surface area contributed by atoms with E-state index in [9.17, 15) is 9.90 Å². The summed E-state index contributed by atoms with van der Waals surface area (Å²) in [5, 5.41) is 11.0. The van der Waals surface area contributed by atoms with Crippen molar-refractivity contribution in [2.45, 2.75) is 51.5 Å². The molecule has 0 spiro atoms. The number of nitrogens with one attached hydrogen (secondary N) is 1. The number of aliphatic carboxylic acids is 1. The third-order valence-electron chi connectivity index (χ3n) is 3.08. The van der Waals surface area contributed by atoms with Gasteiger partial charge in [0.1, 0.15) is 11.5 Å². The topological polar surface area (TPSA) is 44.6 Å². The number of hydrogen-bond acceptors (Lipinski definition) is 2. The fraction of sp³-hybridized carbons (Fsp3) is 0.909. The largest absolute Gasteiger partial charge is 0.544 e. The molecule has 3 heteroatoms. The van der Waals surface area contributed by atoms with Crippen LogP contribution in [0.5, 0.6) is 0 Å². The molecule has 84 valence electrons. The minimum Gasteiger partial charge on any atom is -0.544 e. The van der Waals surface area contributed by atoms with Gasteiger partial charge in [0, 0.05) is 6.42 Å². The predicted octanol–water partition coefficient (Wildman–Crippen LogP) is -0.390. The van der Waals surface area contributed by atoms with Crippen LogP contribution < -0.4 is 10.0 Å². The molecule has 0 radical (unpaired) electrons. The molecule has 14 heavy (non-hydrogen) atoms. The Bertz CT molecular complexity index is 180. The second kappa shape index (κ2) is 6.02. The lowest BCUT2D eigenvalue weighted by Crippen LogP contribution is -3.16. The SMILES string of the molecule is CCCCCCC(C)(C(=O)[O-])[NH+](C)C. The molecular formula is C11H23NO2. The fourth-order valence-corrected chi connectivity index (χ4v) is 1.46. The molecule has 1 unspecified atom stereocenters. The lowest BCUT2D eigenvalue weighted by molar-refractivity contribution is -0.905. The summed E-state index contributed by atoms with van der Waals surface area (Å²) >= 11 is 0. The second-order valence-corrected chi connectivity index (χ2v) is 4.43. The van der Waals surface area contributed by atoms with E-state index < -0.39 is 11.5 Å². The van der Waals surface area contributed by atoms with E-state index in [0.717, 1.165) is 17.7 Å². The number of quaternary nitrogens is 1. The van der Waals surface area contributed by atoms with Crippen molar-refractivity contribution in [3.05, 3.63) is 0 Å².